The number of hydrogen-bond donors (Lipinski definition) is 1. The maximum absolute atomic E-state index is 12.0. The highest BCUT2D eigenvalue weighted by Gasteiger charge is 2.27. The van der Waals surface area contributed by atoms with Gasteiger partial charge in [0.05, 0.1) is 13.2 Å². The van der Waals surface area contributed by atoms with Crippen LogP contribution < -0.4 is 5.32 Å². The van der Waals surface area contributed by atoms with Crippen LogP contribution in [-0.4, -0.2) is 49.6 Å². The second kappa shape index (κ2) is 8.82. The minimum absolute atomic E-state index is 0.0161. The summed E-state index contributed by atoms with van der Waals surface area (Å²) < 4.78 is 5.34. The number of carbonyl (C=O) groups excluding carboxylic acids is 2. The fraction of sp³-hybridized carbons (Fsp3) is 0.750. The van der Waals surface area contributed by atoms with E-state index >= 15 is 0 Å². The van der Waals surface area contributed by atoms with Crippen LogP contribution in [0.25, 0.3) is 0 Å². The lowest BCUT2D eigenvalue weighted by molar-refractivity contribution is -0.138. The molecule has 5 heteroatoms. The van der Waals surface area contributed by atoms with E-state index in [0.717, 1.165) is 18.4 Å². The first-order valence-electron chi connectivity index (χ1n) is 7.70. The maximum atomic E-state index is 12.0. The number of hydrogen-bond acceptors (Lipinski definition) is 3. The molecule has 1 aliphatic heterocycles. The van der Waals surface area contributed by atoms with Crippen molar-refractivity contribution in [3.8, 4) is 0 Å². The minimum atomic E-state index is 0.0161. The Morgan fingerprint density at radius 2 is 1.95 bits per heavy atom. The zero-order valence-electron chi connectivity index (χ0n) is 13.5. The summed E-state index contributed by atoms with van der Waals surface area (Å²) >= 11 is 0. The van der Waals surface area contributed by atoms with Gasteiger partial charge in [0, 0.05) is 31.5 Å². The summed E-state index contributed by atoms with van der Waals surface area (Å²) in [7, 11) is 0. The second-order valence-electron chi connectivity index (χ2n) is 6.05. The molecule has 0 aliphatic carbocycles. The van der Waals surface area contributed by atoms with Crippen LogP contribution in [0.1, 0.15) is 33.6 Å². The van der Waals surface area contributed by atoms with Crippen LogP contribution in [0.5, 0.6) is 0 Å². The predicted molar refractivity (Wildman–Crippen MR) is 82.8 cm³/mol. The highest BCUT2D eigenvalue weighted by atomic mass is 16.5. The van der Waals surface area contributed by atoms with E-state index in [9.17, 15) is 9.59 Å². The van der Waals surface area contributed by atoms with E-state index in [1.54, 1.807) is 0 Å². The van der Waals surface area contributed by atoms with Crippen LogP contribution in [0, 0.1) is 11.8 Å². The zero-order valence-corrected chi connectivity index (χ0v) is 13.5. The second-order valence-corrected chi connectivity index (χ2v) is 6.05. The van der Waals surface area contributed by atoms with Gasteiger partial charge in [-0.1, -0.05) is 26.0 Å². The smallest absolute Gasteiger partial charge is 0.225 e. The summed E-state index contributed by atoms with van der Waals surface area (Å²) in [6.07, 6.45) is 1.49. The molecule has 1 fully saturated rings. The highest BCUT2D eigenvalue weighted by Crippen LogP contribution is 2.18. The molecule has 0 radical (unpaired) electrons. The summed E-state index contributed by atoms with van der Waals surface area (Å²) in [5.41, 5.74) is 0.975. The Bertz CT molecular complexity index is 372. The molecular weight excluding hydrogens is 268 g/mol. The standard InChI is InChI=1S/C16H28N2O3/c1-12(2)11-21-10-7-17-15(19)14-5-8-18(9-6-14)16(20)13(3)4/h13-14H,1,5-11H2,2-4H3,(H,17,19). The molecule has 0 saturated carbocycles. The number of rotatable bonds is 7. The van der Waals surface area contributed by atoms with Crippen LogP contribution >= 0.6 is 0 Å². The monoisotopic (exact) mass is 296 g/mol. The summed E-state index contributed by atoms with van der Waals surface area (Å²) in [6, 6.07) is 0. The molecule has 0 spiro atoms. The first-order chi connectivity index (χ1) is 9.91. The molecule has 21 heavy (non-hydrogen) atoms. The molecular formula is C16H28N2O3. The number of nitrogens with one attached hydrogen (secondary N) is 1. The van der Waals surface area contributed by atoms with E-state index < -0.39 is 0 Å². The Kier molecular flexibility index (Phi) is 7.43. The molecule has 0 aromatic carbocycles. The van der Waals surface area contributed by atoms with E-state index in [0.29, 0.717) is 32.8 Å². The van der Waals surface area contributed by atoms with Crippen LogP contribution in [0.15, 0.2) is 12.2 Å². The Balaban J connectivity index is 2.20. The molecule has 0 unspecified atom stereocenters. The highest BCUT2D eigenvalue weighted by molar-refractivity contribution is 5.80. The first-order valence-corrected chi connectivity index (χ1v) is 7.70. The molecule has 0 atom stereocenters. The van der Waals surface area contributed by atoms with Gasteiger partial charge in [0.25, 0.3) is 0 Å². The van der Waals surface area contributed by atoms with Crippen molar-refractivity contribution < 1.29 is 14.3 Å². The van der Waals surface area contributed by atoms with E-state index in [1.165, 1.54) is 0 Å². The minimum Gasteiger partial charge on any atom is -0.375 e. The average Bonchev–Trinajstić information content (AvgIpc) is 2.45. The van der Waals surface area contributed by atoms with Crippen molar-refractivity contribution in [2.75, 3.05) is 32.8 Å². The van der Waals surface area contributed by atoms with Crippen molar-refractivity contribution in [2.24, 2.45) is 11.8 Å². The molecule has 1 aliphatic rings. The quantitative estimate of drug-likeness (QED) is 0.573. The van der Waals surface area contributed by atoms with Gasteiger partial charge in [-0.15, -0.1) is 0 Å². The zero-order chi connectivity index (χ0) is 15.8. The molecule has 0 bridgehead atoms. The molecule has 0 aromatic rings. The number of likely N-dealkylation sites (tertiary alicyclic amines) is 1. The van der Waals surface area contributed by atoms with Crippen LogP contribution in [0.4, 0.5) is 0 Å². The summed E-state index contributed by atoms with van der Waals surface area (Å²) in [5, 5.41) is 2.90. The number of amides is 2. The normalized spacial score (nSPS) is 16.1. The average molecular weight is 296 g/mol. The fourth-order valence-electron chi connectivity index (χ4n) is 2.36. The molecule has 1 heterocycles. The Labute approximate surface area is 127 Å². The number of carbonyl (C=O) groups is 2. The van der Waals surface area contributed by atoms with Crippen molar-refractivity contribution in [1.29, 1.82) is 0 Å². The Morgan fingerprint density at radius 1 is 1.33 bits per heavy atom. The van der Waals surface area contributed by atoms with E-state index in [1.807, 2.05) is 25.7 Å². The molecule has 120 valence electrons. The largest absolute Gasteiger partial charge is 0.375 e. The SMILES string of the molecule is C=C(C)COCCNC(=O)C1CCN(C(=O)C(C)C)CC1. The first kappa shape index (κ1) is 17.7. The van der Waals surface area contributed by atoms with E-state index in [-0.39, 0.29) is 23.7 Å². The summed E-state index contributed by atoms with van der Waals surface area (Å²) in [4.78, 5) is 25.8. The topological polar surface area (TPSA) is 58.6 Å². The summed E-state index contributed by atoms with van der Waals surface area (Å²) in [5.74, 6) is 0.302. The molecule has 1 rings (SSSR count). The van der Waals surface area contributed by atoms with Crippen LogP contribution in [-0.2, 0) is 14.3 Å². The van der Waals surface area contributed by atoms with Gasteiger partial charge in [0.1, 0.15) is 0 Å². The molecule has 1 saturated heterocycles. The lowest BCUT2D eigenvalue weighted by atomic mass is 9.95. The van der Waals surface area contributed by atoms with Gasteiger partial charge < -0.3 is 15.0 Å². The third kappa shape index (κ3) is 6.29. The van der Waals surface area contributed by atoms with E-state index in [2.05, 4.69) is 11.9 Å². The number of ether oxygens (including phenoxy) is 1. The predicted octanol–water partition coefficient (Wildman–Crippen LogP) is 1.59. The molecule has 5 nitrogen and oxygen atoms in total. The van der Waals surface area contributed by atoms with Crippen molar-refractivity contribution in [2.45, 2.75) is 33.6 Å². The van der Waals surface area contributed by atoms with Crippen LogP contribution in [0.3, 0.4) is 0 Å². The number of piperidine rings is 1. The molecule has 2 amide bonds. The Hall–Kier alpha value is -1.36. The van der Waals surface area contributed by atoms with Gasteiger partial charge >= 0.3 is 0 Å². The van der Waals surface area contributed by atoms with Crippen molar-refractivity contribution >= 4 is 11.8 Å². The van der Waals surface area contributed by atoms with Crippen molar-refractivity contribution in [3.05, 3.63) is 12.2 Å². The van der Waals surface area contributed by atoms with Gasteiger partial charge in [-0.25, -0.2) is 0 Å². The third-order valence-corrected chi connectivity index (χ3v) is 3.57. The van der Waals surface area contributed by atoms with Gasteiger partial charge in [-0.2, -0.15) is 0 Å². The van der Waals surface area contributed by atoms with E-state index in [4.69, 9.17) is 4.74 Å². The van der Waals surface area contributed by atoms with Crippen LogP contribution in [0.2, 0.25) is 0 Å². The Morgan fingerprint density at radius 3 is 2.48 bits per heavy atom. The lowest BCUT2D eigenvalue weighted by Gasteiger charge is -2.32. The molecule has 1 N–H and O–H groups in total. The van der Waals surface area contributed by atoms with Crippen molar-refractivity contribution in [3.63, 3.8) is 0 Å². The van der Waals surface area contributed by atoms with Gasteiger partial charge in [0.15, 0.2) is 0 Å². The lowest BCUT2D eigenvalue weighted by Crippen LogP contribution is -2.44. The van der Waals surface area contributed by atoms with Gasteiger partial charge in [0.2, 0.25) is 11.8 Å². The van der Waals surface area contributed by atoms with Crippen molar-refractivity contribution in [1.82, 2.24) is 10.2 Å². The van der Waals surface area contributed by atoms with Gasteiger partial charge in [-0.05, 0) is 19.8 Å². The number of nitrogens with zero attached hydrogens (tertiary/aromatic N) is 1. The van der Waals surface area contributed by atoms with Gasteiger partial charge in [-0.3, -0.25) is 9.59 Å². The molecule has 0 aromatic heterocycles. The fourth-order valence-corrected chi connectivity index (χ4v) is 2.36. The maximum Gasteiger partial charge on any atom is 0.225 e. The summed E-state index contributed by atoms with van der Waals surface area (Å²) in [6.45, 7) is 12.4. The third-order valence-electron chi connectivity index (χ3n) is 3.57.